The molecule has 25 heavy (non-hydrogen) atoms. The van der Waals surface area contributed by atoms with Crippen LogP contribution in [0.3, 0.4) is 0 Å². The largest absolute Gasteiger partial charge is 0.461 e. The highest BCUT2D eigenvalue weighted by molar-refractivity contribution is 5.88. The molecule has 0 aliphatic carbocycles. The molecule has 7 heteroatoms. The van der Waals surface area contributed by atoms with Gasteiger partial charge in [0.15, 0.2) is 5.76 Å². The highest BCUT2D eigenvalue weighted by Gasteiger charge is 2.10. The van der Waals surface area contributed by atoms with Gasteiger partial charge in [-0.1, -0.05) is 18.2 Å². The predicted molar refractivity (Wildman–Crippen MR) is 92.8 cm³/mol. The van der Waals surface area contributed by atoms with Crippen molar-refractivity contribution in [2.75, 3.05) is 6.54 Å². The number of nitrogens with zero attached hydrogens (tertiary/aromatic N) is 2. The zero-order valence-electron chi connectivity index (χ0n) is 13.5. The number of H-pyrrole nitrogens is 2. The molecule has 0 saturated heterocycles. The summed E-state index contributed by atoms with van der Waals surface area (Å²) in [7, 11) is 0. The van der Waals surface area contributed by atoms with Crippen LogP contribution >= 0.6 is 0 Å². The number of nitrogens with one attached hydrogen (secondary N) is 3. The zero-order valence-corrected chi connectivity index (χ0v) is 13.5. The van der Waals surface area contributed by atoms with Gasteiger partial charge in [-0.2, -0.15) is 5.10 Å². The van der Waals surface area contributed by atoms with Gasteiger partial charge in [0.1, 0.15) is 5.82 Å². The molecule has 3 heterocycles. The Hall–Kier alpha value is -3.35. The fraction of sp³-hybridized carbons (Fsp3) is 0.167. The lowest BCUT2D eigenvalue weighted by molar-refractivity contribution is -0.120. The van der Waals surface area contributed by atoms with E-state index in [-0.39, 0.29) is 5.91 Å². The van der Waals surface area contributed by atoms with Crippen molar-refractivity contribution in [3.05, 3.63) is 60.2 Å². The Balaban J connectivity index is 1.30. The topological polar surface area (TPSA) is 99.6 Å². The van der Waals surface area contributed by atoms with E-state index in [0.717, 1.165) is 16.5 Å². The molecule has 0 unspecified atom stereocenters. The van der Waals surface area contributed by atoms with Crippen LogP contribution < -0.4 is 5.32 Å². The van der Waals surface area contributed by atoms with Crippen molar-refractivity contribution < 1.29 is 9.21 Å². The lowest BCUT2D eigenvalue weighted by Gasteiger charge is -2.03. The van der Waals surface area contributed by atoms with Gasteiger partial charge in [0.25, 0.3) is 0 Å². The minimum atomic E-state index is -0.0180. The van der Waals surface area contributed by atoms with Crippen molar-refractivity contribution in [1.82, 2.24) is 25.5 Å². The van der Waals surface area contributed by atoms with E-state index in [1.54, 1.807) is 18.4 Å². The first-order valence-electron chi connectivity index (χ1n) is 8.06. The second kappa shape index (κ2) is 6.64. The normalized spacial score (nSPS) is 11.0. The van der Waals surface area contributed by atoms with Crippen LogP contribution in [0.5, 0.6) is 0 Å². The third kappa shape index (κ3) is 3.30. The van der Waals surface area contributed by atoms with Crippen LogP contribution in [-0.2, 0) is 17.6 Å². The van der Waals surface area contributed by atoms with Gasteiger partial charge in [0, 0.05) is 30.1 Å². The second-order valence-electron chi connectivity index (χ2n) is 5.72. The molecule has 4 rings (SSSR count). The van der Waals surface area contributed by atoms with E-state index >= 15 is 0 Å². The Labute approximate surface area is 143 Å². The van der Waals surface area contributed by atoms with E-state index in [0.29, 0.717) is 36.8 Å². The summed E-state index contributed by atoms with van der Waals surface area (Å²) < 4.78 is 5.25. The van der Waals surface area contributed by atoms with Crippen molar-refractivity contribution >= 4 is 16.8 Å². The van der Waals surface area contributed by atoms with E-state index in [1.807, 2.05) is 30.5 Å². The van der Waals surface area contributed by atoms with Gasteiger partial charge in [-0.15, -0.1) is 0 Å². The third-order valence-corrected chi connectivity index (χ3v) is 3.98. The Morgan fingerprint density at radius 2 is 2.12 bits per heavy atom. The van der Waals surface area contributed by atoms with Crippen LogP contribution in [0.25, 0.3) is 22.5 Å². The fourth-order valence-electron chi connectivity index (χ4n) is 2.76. The zero-order chi connectivity index (χ0) is 17.1. The molecule has 1 aromatic carbocycles. The Bertz CT molecular complexity index is 984. The summed E-state index contributed by atoms with van der Waals surface area (Å²) in [4.78, 5) is 19.7. The van der Waals surface area contributed by atoms with E-state index in [9.17, 15) is 4.79 Å². The van der Waals surface area contributed by atoms with E-state index < -0.39 is 0 Å². The van der Waals surface area contributed by atoms with Crippen LogP contribution in [0.1, 0.15) is 11.4 Å². The SMILES string of the molecule is O=C(Cc1c[nH]c2ccccc12)NCCc1nc(-c2ccco2)n[nH]1. The lowest BCUT2D eigenvalue weighted by Crippen LogP contribution is -2.27. The van der Waals surface area contributed by atoms with Gasteiger partial charge in [-0.05, 0) is 23.8 Å². The number of rotatable bonds is 6. The Morgan fingerprint density at radius 1 is 1.20 bits per heavy atom. The molecule has 4 aromatic rings. The van der Waals surface area contributed by atoms with Gasteiger partial charge in [-0.25, -0.2) is 4.98 Å². The quantitative estimate of drug-likeness (QED) is 0.504. The van der Waals surface area contributed by atoms with Crippen molar-refractivity contribution in [3.8, 4) is 11.6 Å². The Morgan fingerprint density at radius 3 is 3.00 bits per heavy atom. The number of carbonyl (C=O) groups excluding carboxylic acids is 1. The molecule has 0 atom stereocenters. The number of amides is 1. The summed E-state index contributed by atoms with van der Waals surface area (Å²) in [6.45, 7) is 0.494. The lowest BCUT2D eigenvalue weighted by atomic mass is 10.1. The standard InChI is InChI=1S/C18H17N5O2/c24-17(10-12-11-20-14-5-2-1-4-13(12)14)19-8-7-16-21-18(23-22-16)15-6-3-9-25-15/h1-6,9,11,20H,7-8,10H2,(H,19,24)(H,21,22,23). The van der Waals surface area contributed by atoms with Crippen LogP contribution in [0.15, 0.2) is 53.3 Å². The van der Waals surface area contributed by atoms with Gasteiger partial charge in [-0.3, -0.25) is 9.89 Å². The van der Waals surface area contributed by atoms with E-state index in [4.69, 9.17) is 4.42 Å². The number of aromatic amines is 2. The molecule has 0 aliphatic rings. The van der Waals surface area contributed by atoms with Crippen LogP contribution in [0, 0.1) is 0 Å². The van der Waals surface area contributed by atoms with E-state index in [1.165, 1.54) is 0 Å². The number of fused-ring (bicyclic) bond motifs is 1. The van der Waals surface area contributed by atoms with Crippen molar-refractivity contribution in [2.24, 2.45) is 0 Å². The maximum absolute atomic E-state index is 12.2. The minimum Gasteiger partial charge on any atom is -0.461 e. The molecule has 0 bridgehead atoms. The van der Waals surface area contributed by atoms with Crippen LogP contribution in [0.2, 0.25) is 0 Å². The third-order valence-electron chi connectivity index (χ3n) is 3.98. The molecule has 0 aliphatic heterocycles. The smallest absolute Gasteiger partial charge is 0.224 e. The minimum absolute atomic E-state index is 0.0180. The number of hydrogen-bond acceptors (Lipinski definition) is 4. The number of aromatic nitrogens is 4. The number of furan rings is 1. The molecule has 3 N–H and O–H groups in total. The maximum atomic E-state index is 12.2. The molecule has 3 aromatic heterocycles. The molecule has 126 valence electrons. The first-order chi connectivity index (χ1) is 12.3. The van der Waals surface area contributed by atoms with Crippen molar-refractivity contribution in [3.63, 3.8) is 0 Å². The highest BCUT2D eigenvalue weighted by atomic mass is 16.3. The molecule has 0 saturated carbocycles. The molecule has 0 spiro atoms. The van der Waals surface area contributed by atoms with Gasteiger partial charge < -0.3 is 14.7 Å². The predicted octanol–water partition coefficient (Wildman–Crippen LogP) is 2.45. The maximum Gasteiger partial charge on any atom is 0.224 e. The highest BCUT2D eigenvalue weighted by Crippen LogP contribution is 2.18. The Kier molecular flexibility index (Phi) is 4.04. The molecule has 1 amide bonds. The van der Waals surface area contributed by atoms with Gasteiger partial charge in [0.05, 0.1) is 12.7 Å². The van der Waals surface area contributed by atoms with Crippen LogP contribution in [0.4, 0.5) is 0 Å². The monoisotopic (exact) mass is 335 g/mol. The average molecular weight is 335 g/mol. The second-order valence-corrected chi connectivity index (χ2v) is 5.72. The fourth-order valence-corrected chi connectivity index (χ4v) is 2.76. The number of para-hydroxylation sites is 1. The number of hydrogen-bond donors (Lipinski definition) is 3. The molecular weight excluding hydrogens is 318 g/mol. The summed E-state index contributed by atoms with van der Waals surface area (Å²) in [6.07, 6.45) is 4.39. The summed E-state index contributed by atoms with van der Waals surface area (Å²) in [6, 6.07) is 11.5. The van der Waals surface area contributed by atoms with Crippen LogP contribution in [-0.4, -0.2) is 32.6 Å². The number of carbonyl (C=O) groups is 1. The summed E-state index contributed by atoms with van der Waals surface area (Å²) in [5.74, 6) is 1.82. The van der Waals surface area contributed by atoms with Gasteiger partial charge >= 0.3 is 0 Å². The molecule has 0 fully saturated rings. The van der Waals surface area contributed by atoms with Gasteiger partial charge in [0.2, 0.25) is 11.7 Å². The molecule has 7 nitrogen and oxygen atoms in total. The molecule has 0 radical (unpaired) electrons. The molecular formula is C18H17N5O2. The summed E-state index contributed by atoms with van der Waals surface area (Å²) in [5.41, 5.74) is 2.03. The summed E-state index contributed by atoms with van der Waals surface area (Å²) >= 11 is 0. The average Bonchev–Trinajstić information content (AvgIpc) is 3.35. The van der Waals surface area contributed by atoms with Crippen molar-refractivity contribution in [1.29, 1.82) is 0 Å². The first-order valence-corrected chi connectivity index (χ1v) is 8.06. The first kappa shape index (κ1) is 15.2. The van der Waals surface area contributed by atoms with Crippen molar-refractivity contribution in [2.45, 2.75) is 12.8 Å². The number of benzene rings is 1. The van der Waals surface area contributed by atoms with E-state index in [2.05, 4.69) is 25.5 Å². The summed E-state index contributed by atoms with van der Waals surface area (Å²) in [5, 5.41) is 11.0.